The van der Waals surface area contributed by atoms with Crippen molar-refractivity contribution in [1.82, 2.24) is 5.32 Å². The summed E-state index contributed by atoms with van der Waals surface area (Å²) in [5, 5.41) is 2.20. The Bertz CT molecular complexity index is 905. The first-order chi connectivity index (χ1) is 11.5. The van der Waals surface area contributed by atoms with Gasteiger partial charge in [0.1, 0.15) is 4.90 Å². The number of imide groups is 1. The molecule has 0 fully saturated rings. The number of carbonyl (C=O) groups is 2. The summed E-state index contributed by atoms with van der Waals surface area (Å²) in [6.45, 7) is 0. The van der Waals surface area contributed by atoms with Crippen LogP contribution >= 0.6 is 0 Å². The summed E-state index contributed by atoms with van der Waals surface area (Å²) in [6.07, 6.45) is -4.80. The quantitative estimate of drug-likeness (QED) is 0.591. The van der Waals surface area contributed by atoms with Crippen molar-refractivity contribution in [1.29, 1.82) is 0 Å². The normalized spacial score (nSPS) is 13.6. The van der Waals surface area contributed by atoms with Crippen molar-refractivity contribution >= 4 is 21.9 Å². The number of hydrogen-bond acceptors (Lipinski definition) is 4. The number of halogens is 3. The van der Waals surface area contributed by atoms with Crippen LogP contribution in [0.15, 0.2) is 53.4 Å². The van der Waals surface area contributed by atoms with Gasteiger partial charge in [-0.2, -0.15) is 21.6 Å². The topological polar surface area (TPSA) is 101 Å². The Balaban J connectivity index is 0.000000185. The highest BCUT2D eigenvalue weighted by molar-refractivity contribution is 7.85. The minimum absolute atomic E-state index is 0.300. The summed E-state index contributed by atoms with van der Waals surface area (Å²) in [7, 11) is -4.84. The second kappa shape index (κ2) is 6.65. The van der Waals surface area contributed by atoms with Crippen LogP contribution in [0.3, 0.4) is 0 Å². The Kier molecular flexibility index (Phi) is 4.95. The highest BCUT2D eigenvalue weighted by Gasteiger charge is 2.36. The zero-order valence-corrected chi connectivity index (χ0v) is 13.1. The Morgan fingerprint density at radius 2 is 1.28 bits per heavy atom. The van der Waals surface area contributed by atoms with Gasteiger partial charge in [0, 0.05) is 0 Å². The van der Waals surface area contributed by atoms with Crippen LogP contribution in [0.25, 0.3) is 0 Å². The van der Waals surface area contributed by atoms with Crippen LogP contribution in [0.1, 0.15) is 26.3 Å². The molecule has 0 unspecified atom stereocenters. The van der Waals surface area contributed by atoms with E-state index in [0.717, 1.165) is 12.1 Å². The molecule has 0 atom stereocenters. The van der Waals surface area contributed by atoms with Gasteiger partial charge in [-0.3, -0.25) is 19.5 Å². The molecule has 0 aliphatic carbocycles. The van der Waals surface area contributed by atoms with Crippen molar-refractivity contribution in [2.75, 3.05) is 0 Å². The molecule has 2 N–H and O–H groups in total. The highest BCUT2D eigenvalue weighted by Crippen LogP contribution is 2.33. The summed E-state index contributed by atoms with van der Waals surface area (Å²) >= 11 is 0. The molecule has 1 heterocycles. The molecule has 2 aromatic carbocycles. The second-order valence-corrected chi connectivity index (χ2v) is 6.19. The zero-order chi connectivity index (χ0) is 18.8. The standard InChI is InChI=1S/C8H5NO2.C7H5F3O3S/c10-7-5-3-1-2-4-6(5)8(11)9-7;8-7(9,10)5-3-1-2-4-6(5)14(11,12)13/h1-4H,(H,9,10,11);1-4H,(H,11,12,13). The Hall–Kier alpha value is -2.72. The predicted octanol–water partition coefficient (Wildman–Crippen LogP) is 2.52. The largest absolute Gasteiger partial charge is 0.417 e. The molecule has 3 rings (SSSR count). The molecule has 2 aromatic rings. The van der Waals surface area contributed by atoms with Crippen molar-refractivity contribution in [2.24, 2.45) is 0 Å². The highest BCUT2D eigenvalue weighted by atomic mass is 32.2. The van der Waals surface area contributed by atoms with Crippen molar-refractivity contribution in [3.63, 3.8) is 0 Å². The smallest absolute Gasteiger partial charge is 0.288 e. The van der Waals surface area contributed by atoms with E-state index in [-0.39, 0.29) is 11.8 Å². The monoisotopic (exact) mass is 373 g/mol. The van der Waals surface area contributed by atoms with Gasteiger partial charge in [0.2, 0.25) is 0 Å². The van der Waals surface area contributed by atoms with E-state index >= 15 is 0 Å². The molecule has 132 valence electrons. The van der Waals surface area contributed by atoms with Crippen LogP contribution in [0.5, 0.6) is 0 Å². The van der Waals surface area contributed by atoms with Crippen molar-refractivity contribution in [3.8, 4) is 0 Å². The van der Waals surface area contributed by atoms with Gasteiger partial charge in [-0.15, -0.1) is 0 Å². The summed E-state index contributed by atoms with van der Waals surface area (Å²) in [6, 6.07) is 10.1. The number of benzene rings is 2. The average molecular weight is 373 g/mol. The van der Waals surface area contributed by atoms with Crippen LogP contribution in [0.2, 0.25) is 0 Å². The number of rotatable bonds is 1. The van der Waals surface area contributed by atoms with Crippen LogP contribution < -0.4 is 5.32 Å². The Morgan fingerprint density at radius 1 is 0.840 bits per heavy atom. The molecular formula is C15H10F3NO5S. The van der Waals surface area contributed by atoms with Gasteiger partial charge in [0.15, 0.2) is 0 Å². The first-order valence-corrected chi connectivity index (χ1v) is 8.04. The maximum Gasteiger partial charge on any atom is 0.417 e. The lowest BCUT2D eigenvalue weighted by Crippen LogP contribution is -2.19. The lowest BCUT2D eigenvalue weighted by atomic mass is 10.1. The summed E-state index contributed by atoms with van der Waals surface area (Å²) in [4.78, 5) is 20.8. The van der Waals surface area contributed by atoms with E-state index in [2.05, 4.69) is 5.32 Å². The van der Waals surface area contributed by atoms with E-state index in [9.17, 15) is 31.2 Å². The minimum atomic E-state index is -4.84. The third-order valence-electron chi connectivity index (χ3n) is 3.11. The number of fused-ring (bicyclic) bond motifs is 1. The van der Waals surface area contributed by atoms with E-state index in [1.165, 1.54) is 0 Å². The lowest BCUT2D eigenvalue weighted by Gasteiger charge is -2.09. The van der Waals surface area contributed by atoms with E-state index in [4.69, 9.17) is 4.55 Å². The fraction of sp³-hybridized carbons (Fsp3) is 0.0667. The zero-order valence-electron chi connectivity index (χ0n) is 12.2. The van der Waals surface area contributed by atoms with Gasteiger partial charge >= 0.3 is 6.18 Å². The molecule has 1 aliphatic heterocycles. The molecule has 10 heteroatoms. The number of alkyl halides is 3. The van der Waals surface area contributed by atoms with Crippen molar-refractivity contribution < 1.29 is 35.7 Å². The lowest BCUT2D eigenvalue weighted by molar-refractivity contribution is -0.140. The molecule has 0 radical (unpaired) electrons. The minimum Gasteiger partial charge on any atom is -0.288 e. The maximum absolute atomic E-state index is 12.2. The number of nitrogens with one attached hydrogen (secondary N) is 1. The fourth-order valence-corrected chi connectivity index (χ4v) is 2.75. The van der Waals surface area contributed by atoms with Crippen molar-refractivity contribution in [2.45, 2.75) is 11.1 Å². The number of hydrogen-bond donors (Lipinski definition) is 2. The third kappa shape index (κ3) is 4.22. The van der Waals surface area contributed by atoms with Gasteiger partial charge in [0.05, 0.1) is 16.7 Å². The van der Waals surface area contributed by atoms with Crippen LogP contribution in [0.4, 0.5) is 13.2 Å². The third-order valence-corrected chi connectivity index (χ3v) is 4.03. The van der Waals surface area contributed by atoms with Crippen LogP contribution in [-0.2, 0) is 16.3 Å². The van der Waals surface area contributed by atoms with Gasteiger partial charge in [0.25, 0.3) is 21.9 Å². The molecule has 6 nitrogen and oxygen atoms in total. The molecule has 0 bridgehead atoms. The predicted molar refractivity (Wildman–Crippen MR) is 79.5 cm³/mol. The van der Waals surface area contributed by atoms with E-state index in [0.29, 0.717) is 23.3 Å². The summed E-state index contributed by atoms with van der Waals surface area (Å²) in [5.74, 6) is -0.601. The molecule has 0 saturated carbocycles. The first-order valence-electron chi connectivity index (χ1n) is 6.60. The average Bonchev–Trinajstić information content (AvgIpc) is 2.82. The van der Waals surface area contributed by atoms with Gasteiger partial charge in [-0.1, -0.05) is 24.3 Å². The number of carbonyl (C=O) groups excluding carboxylic acids is 2. The Morgan fingerprint density at radius 3 is 1.68 bits per heavy atom. The number of amides is 2. The molecule has 2 amide bonds. The molecule has 25 heavy (non-hydrogen) atoms. The first kappa shape index (κ1) is 18.6. The van der Waals surface area contributed by atoms with Crippen LogP contribution in [-0.4, -0.2) is 24.8 Å². The van der Waals surface area contributed by atoms with E-state index in [1.54, 1.807) is 24.3 Å². The molecule has 1 aliphatic rings. The fourth-order valence-electron chi connectivity index (χ4n) is 2.04. The molecule has 0 aromatic heterocycles. The maximum atomic E-state index is 12.2. The molecular weight excluding hydrogens is 363 g/mol. The van der Waals surface area contributed by atoms with Gasteiger partial charge in [-0.05, 0) is 24.3 Å². The van der Waals surface area contributed by atoms with Crippen LogP contribution in [0, 0.1) is 0 Å². The Labute approximate surface area is 140 Å². The van der Waals surface area contributed by atoms with Crippen molar-refractivity contribution in [3.05, 3.63) is 65.2 Å². The summed E-state index contributed by atoms with van der Waals surface area (Å²) < 4.78 is 66.2. The SMILES string of the molecule is O=C1NC(=O)c2ccccc21.O=S(=O)(O)c1ccccc1C(F)(F)F. The summed E-state index contributed by atoms with van der Waals surface area (Å²) in [5.41, 5.74) is -0.433. The molecule has 0 spiro atoms. The second-order valence-electron chi connectivity index (χ2n) is 4.80. The van der Waals surface area contributed by atoms with E-state index in [1.807, 2.05) is 0 Å². The van der Waals surface area contributed by atoms with Gasteiger partial charge in [-0.25, -0.2) is 0 Å². The van der Waals surface area contributed by atoms with Gasteiger partial charge < -0.3 is 0 Å². The van der Waals surface area contributed by atoms with E-state index < -0.39 is 26.8 Å². The molecule has 0 saturated heterocycles.